The van der Waals surface area contributed by atoms with E-state index in [1.165, 1.54) is 0 Å². The van der Waals surface area contributed by atoms with Crippen LogP contribution in [0, 0.1) is 0 Å². The monoisotopic (exact) mass is 261 g/mol. The van der Waals surface area contributed by atoms with Crippen LogP contribution in [0.15, 0.2) is 28.7 Å². The largest absolute Gasteiger partial charge is 0.489 e. The van der Waals surface area contributed by atoms with E-state index in [4.69, 9.17) is 19.6 Å². The van der Waals surface area contributed by atoms with Gasteiger partial charge < -0.3 is 19.6 Å². The zero-order chi connectivity index (χ0) is 13.2. The zero-order valence-electron chi connectivity index (χ0n) is 10.4. The van der Waals surface area contributed by atoms with Crippen molar-refractivity contribution in [2.24, 2.45) is 5.73 Å². The Hall–Kier alpha value is -2.01. The van der Waals surface area contributed by atoms with Crippen molar-refractivity contribution in [2.75, 3.05) is 13.2 Å². The molecule has 1 amide bonds. The molecule has 0 aliphatic carbocycles. The standard InChI is InChI=1S/C14H15NO4/c15-14(16)13-8-10-11(2-1-3-12(10)19-13)18-9-4-6-17-7-5-9/h1-3,8-9H,4-7H2,(H2,15,16). The fraction of sp³-hybridized carbons (Fsp3) is 0.357. The van der Waals surface area contributed by atoms with Crippen molar-refractivity contribution < 1.29 is 18.7 Å². The van der Waals surface area contributed by atoms with Crippen molar-refractivity contribution in [2.45, 2.75) is 18.9 Å². The molecule has 0 atom stereocenters. The second kappa shape index (κ2) is 4.93. The van der Waals surface area contributed by atoms with Crippen LogP contribution in [0.2, 0.25) is 0 Å². The van der Waals surface area contributed by atoms with E-state index in [1.807, 2.05) is 12.1 Å². The van der Waals surface area contributed by atoms with Gasteiger partial charge in [0.05, 0.1) is 18.6 Å². The number of hydrogen-bond acceptors (Lipinski definition) is 4. The molecule has 0 spiro atoms. The summed E-state index contributed by atoms with van der Waals surface area (Å²) < 4.78 is 16.7. The molecule has 1 aliphatic heterocycles. The van der Waals surface area contributed by atoms with E-state index >= 15 is 0 Å². The van der Waals surface area contributed by atoms with Gasteiger partial charge in [0.2, 0.25) is 0 Å². The number of fused-ring (bicyclic) bond motifs is 1. The lowest BCUT2D eigenvalue weighted by molar-refractivity contribution is 0.0262. The van der Waals surface area contributed by atoms with Gasteiger partial charge in [-0.25, -0.2) is 0 Å². The molecule has 0 bridgehead atoms. The Morgan fingerprint density at radius 2 is 2.11 bits per heavy atom. The van der Waals surface area contributed by atoms with E-state index in [2.05, 4.69) is 0 Å². The van der Waals surface area contributed by atoms with Crippen LogP contribution < -0.4 is 10.5 Å². The molecule has 5 nitrogen and oxygen atoms in total. The minimum atomic E-state index is -0.576. The van der Waals surface area contributed by atoms with E-state index in [1.54, 1.807) is 12.1 Å². The average Bonchev–Trinajstić information content (AvgIpc) is 2.85. The second-order valence-electron chi connectivity index (χ2n) is 4.57. The molecule has 2 aromatic rings. The van der Waals surface area contributed by atoms with E-state index in [9.17, 15) is 4.79 Å². The molecule has 0 unspecified atom stereocenters. The minimum absolute atomic E-state index is 0.145. The molecule has 5 heteroatoms. The second-order valence-corrected chi connectivity index (χ2v) is 4.57. The number of nitrogens with two attached hydrogens (primary N) is 1. The molecule has 1 aromatic heterocycles. The number of primary amides is 1. The third-order valence-corrected chi connectivity index (χ3v) is 3.23. The van der Waals surface area contributed by atoms with Gasteiger partial charge in [-0.05, 0) is 12.1 Å². The van der Waals surface area contributed by atoms with Crippen molar-refractivity contribution in [3.63, 3.8) is 0 Å². The van der Waals surface area contributed by atoms with Crippen LogP contribution in [0.5, 0.6) is 5.75 Å². The SMILES string of the molecule is NC(=O)c1cc2c(OC3CCOCC3)cccc2o1. The first kappa shape index (κ1) is 12.0. The first-order chi connectivity index (χ1) is 9.24. The number of carbonyl (C=O) groups excluding carboxylic acids is 1. The quantitative estimate of drug-likeness (QED) is 0.918. The maximum absolute atomic E-state index is 11.1. The molecule has 3 rings (SSSR count). The Morgan fingerprint density at radius 3 is 2.84 bits per heavy atom. The number of amides is 1. The van der Waals surface area contributed by atoms with Gasteiger partial charge in [-0.1, -0.05) is 6.07 Å². The Kier molecular flexibility index (Phi) is 3.13. The van der Waals surface area contributed by atoms with Gasteiger partial charge >= 0.3 is 0 Å². The minimum Gasteiger partial charge on any atom is -0.489 e. The van der Waals surface area contributed by atoms with Crippen molar-refractivity contribution >= 4 is 16.9 Å². The van der Waals surface area contributed by atoms with Crippen molar-refractivity contribution in [1.29, 1.82) is 0 Å². The van der Waals surface area contributed by atoms with Gasteiger partial charge in [0.15, 0.2) is 5.76 Å². The number of hydrogen-bond donors (Lipinski definition) is 1. The molecule has 2 heterocycles. The first-order valence-electron chi connectivity index (χ1n) is 6.31. The highest BCUT2D eigenvalue weighted by molar-refractivity contribution is 5.96. The fourth-order valence-electron chi connectivity index (χ4n) is 2.23. The van der Waals surface area contributed by atoms with Crippen molar-refractivity contribution in [3.05, 3.63) is 30.0 Å². The first-order valence-corrected chi connectivity index (χ1v) is 6.31. The highest BCUT2D eigenvalue weighted by Crippen LogP contribution is 2.30. The summed E-state index contributed by atoms with van der Waals surface area (Å²) in [6.07, 6.45) is 1.89. The number of benzene rings is 1. The Balaban J connectivity index is 1.91. The fourth-order valence-corrected chi connectivity index (χ4v) is 2.23. The van der Waals surface area contributed by atoms with Gasteiger partial charge in [-0.15, -0.1) is 0 Å². The van der Waals surface area contributed by atoms with Gasteiger partial charge in [0.25, 0.3) is 5.91 Å². The Labute approximate surface area is 110 Å². The predicted molar refractivity (Wildman–Crippen MR) is 69.2 cm³/mol. The summed E-state index contributed by atoms with van der Waals surface area (Å²) in [6.45, 7) is 1.44. The van der Waals surface area contributed by atoms with E-state index in [0.717, 1.165) is 37.2 Å². The lowest BCUT2D eigenvalue weighted by Gasteiger charge is -2.23. The maximum Gasteiger partial charge on any atom is 0.284 e. The van der Waals surface area contributed by atoms with Crippen molar-refractivity contribution in [1.82, 2.24) is 0 Å². The summed E-state index contributed by atoms with van der Waals surface area (Å²) in [5.41, 5.74) is 5.83. The van der Waals surface area contributed by atoms with Crippen LogP contribution >= 0.6 is 0 Å². The number of ether oxygens (including phenoxy) is 2. The highest BCUT2D eigenvalue weighted by Gasteiger charge is 2.18. The smallest absolute Gasteiger partial charge is 0.284 e. The van der Waals surface area contributed by atoms with E-state index in [-0.39, 0.29) is 11.9 Å². The van der Waals surface area contributed by atoms with Gasteiger partial charge in [0, 0.05) is 18.9 Å². The predicted octanol–water partition coefficient (Wildman–Crippen LogP) is 2.09. The third-order valence-electron chi connectivity index (χ3n) is 3.23. The molecule has 1 aliphatic rings. The molecule has 19 heavy (non-hydrogen) atoms. The van der Waals surface area contributed by atoms with E-state index < -0.39 is 5.91 Å². The summed E-state index contributed by atoms with van der Waals surface area (Å²) in [5.74, 6) is 0.298. The molecule has 1 saturated heterocycles. The summed E-state index contributed by atoms with van der Waals surface area (Å²) in [7, 11) is 0. The molecule has 1 aromatic carbocycles. The molecule has 2 N–H and O–H groups in total. The molecule has 100 valence electrons. The Morgan fingerprint density at radius 1 is 1.32 bits per heavy atom. The maximum atomic E-state index is 11.1. The van der Waals surface area contributed by atoms with Gasteiger partial charge in [-0.2, -0.15) is 0 Å². The normalized spacial score (nSPS) is 16.6. The molecule has 0 saturated carbocycles. The topological polar surface area (TPSA) is 74.7 Å². The van der Waals surface area contributed by atoms with Crippen LogP contribution in [-0.4, -0.2) is 25.2 Å². The molecule has 1 fully saturated rings. The van der Waals surface area contributed by atoms with Gasteiger partial charge in [0.1, 0.15) is 17.4 Å². The summed E-state index contributed by atoms with van der Waals surface area (Å²) in [6, 6.07) is 7.13. The third kappa shape index (κ3) is 2.42. The summed E-state index contributed by atoms with van der Waals surface area (Å²) in [5, 5.41) is 0.780. The van der Waals surface area contributed by atoms with Gasteiger partial charge in [-0.3, -0.25) is 4.79 Å². The lowest BCUT2D eigenvalue weighted by Crippen LogP contribution is -2.25. The molecular weight excluding hydrogens is 246 g/mol. The molecule has 0 radical (unpaired) electrons. The summed E-state index contributed by atoms with van der Waals surface area (Å²) >= 11 is 0. The van der Waals surface area contributed by atoms with Crippen LogP contribution in [0.4, 0.5) is 0 Å². The van der Waals surface area contributed by atoms with Crippen molar-refractivity contribution in [3.8, 4) is 5.75 Å². The van der Waals surface area contributed by atoms with Crippen LogP contribution in [0.3, 0.4) is 0 Å². The molecular formula is C14H15NO4. The summed E-state index contributed by atoms with van der Waals surface area (Å²) in [4.78, 5) is 11.1. The van der Waals surface area contributed by atoms with Crippen LogP contribution in [0.25, 0.3) is 11.0 Å². The average molecular weight is 261 g/mol. The lowest BCUT2D eigenvalue weighted by atomic mass is 10.1. The number of furan rings is 1. The number of carbonyl (C=O) groups is 1. The Bertz CT molecular complexity index is 599. The highest BCUT2D eigenvalue weighted by atomic mass is 16.5. The van der Waals surface area contributed by atoms with E-state index in [0.29, 0.717) is 5.58 Å². The van der Waals surface area contributed by atoms with Crippen LogP contribution in [0.1, 0.15) is 23.4 Å². The van der Waals surface area contributed by atoms with Crippen LogP contribution in [-0.2, 0) is 4.74 Å². The number of rotatable bonds is 3. The zero-order valence-corrected chi connectivity index (χ0v) is 10.4.